The number of benzene rings is 2. The second kappa shape index (κ2) is 10.3. The van der Waals surface area contributed by atoms with Crippen LogP contribution in [0.1, 0.15) is 23.6 Å². The third kappa shape index (κ3) is 5.16. The van der Waals surface area contributed by atoms with Crippen LogP contribution in [-0.2, 0) is 13.1 Å². The first-order valence-corrected chi connectivity index (χ1v) is 11.8. The summed E-state index contributed by atoms with van der Waals surface area (Å²) < 4.78 is 4.11. The van der Waals surface area contributed by atoms with E-state index in [0.29, 0.717) is 12.6 Å². The lowest BCUT2D eigenvalue weighted by Gasteiger charge is -2.20. The molecule has 1 fully saturated rings. The first-order chi connectivity index (χ1) is 16.3. The molecule has 2 aromatic heterocycles. The molecular weight excluding hydrogens is 412 g/mol. The lowest BCUT2D eigenvalue weighted by atomic mass is 10.1. The van der Waals surface area contributed by atoms with E-state index in [1.165, 1.54) is 22.9 Å². The van der Waals surface area contributed by atoms with E-state index in [4.69, 9.17) is 0 Å². The Hall–Kier alpha value is -3.00. The zero-order chi connectivity index (χ0) is 22.5. The van der Waals surface area contributed by atoms with Gasteiger partial charge in [-0.05, 0) is 49.0 Å². The van der Waals surface area contributed by atoms with E-state index >= 15 is 0 Å². The Morgan fingerprint density at radius 1 is 1.09 bits per heavy atom. The van der Waals surface area contributed by atoms with Gasteiger partial charge >= 0.3 is 0 Å². The van der Waals surface area contributed by atoms with Crippen molar-refractivity contribution in [1.82, 2.24) is 29.5 Å². The molecule has 0 saturated carbocycles. The van der Waals surface area contributed by atoms with Crippen molar-refractivity contribution in [2.24, 2.45) is 5.92 Å². The van der Waals surface area contributed by atoms with Crippen LogP contribution in [0.2, 0.25) is 0 Å². The summed E-state index contributed by atoms with van der Waals surface area (Å²) in [6, 6.07) is 18.8. The second-order valence-corrected chi connectivity index (χ2v) is 8.98. The fraction of sp³-hybridized carbons (Fsp3) is 0.385. The van der Waals surface area contributed by atoms with Crippen molar-refractivity contribution in [3.8, 4) is 0 Å². The van der Waals surface area contributed by atoms with Crippen LogP contribution in [0.3, 0.4) is 0 Å². The number of aliphatic hydroxyl groups is 1. The van der Waals surface area contributed by atoms with Crippen molar-refractivity contribution >= 4 is 10.9 Å². The van der Waals surface area contributed by atoms with Crippen LogP contribution in [0.4, 0.5) is 0 Å². The van der Waals surface area contributed by atoms with Crippen LogP contribution in [-0.4, -0.2) is 62.1 Å². The molecule has 2 N–H and O–H groups in total. The van der Waals surface area contributed by atoms with Crippen LogP contribution in [0.25, 0.3) is 10.9 Å². The Morgan fingerprint density at radius 3 is 2.76 bits per heavy atom. The molecule has 0 radical (unpaired) electrons. The maximum atomic E-state index is 9.80. The van der Waals surface area contributed by atoms with Gasteiger partial charge in [-0.2, -0.15) is 5.10 Å². The molecule has 7 heteroatoms. The number of aliphatic hydroxyl groups excluding tert-OH is 1. The lowest BCUT2D eigenvalue weighted by molar-refractivity contribution is 0.237. The molecule has 7 nitrogen and oxygen atoms in total. The van der Waals surface area contributed by atoms with Gasteiger partial charge in [-0.25, -0.2) is 9.67 Å². The summed E-state index contributed by atoms with van der Waals surface area (Å²) in [5, 5.41) is 19.0. The number of rotatable bonds is 10. The van der Waals surface area contributed by atoms with Gasteiger partial charge in [-0.3, -0.25) is 0 Å². The smallest absolute Gasteiger partial charge is 0.137 e. The first-order valence-electron chi connectivity index (χ1n) is 11.8. The van der Waals surface area contributed by atoms with Crippen molar-refractivity contribution < 1.29 is 5.11 Å². The summed E-state index contributed by atoms with van der Waals surface area (Å²) >= 11 is 0. The van der Waals surface area contributed by atoms with Gasteiger partial charge in [0.25, 0.3) is 0 Å². The molecule has 5 rings (SSSR count). The average Bonchev–Trinajstić information content (AvgIpc) is 3.61. The molecule has 33 heavy (non-hydrogen) atoms. The van der Waals surface area contributed by atoms with E-state index in [1.54, 1.807) is 12.7 Å². The lowest BCUT2D eigenvalue weighted by Crippen LogP contribution is -2.31. The van der Waals surface area contributed by atoms with E-state index in [-0.39, 0.29) is 12.6 Å². The van der Waals surface area contributed by atoms with E-state index < -0.39 is 0 Å². The molecule has 1 aliphatic rings. The number of nitrogens with zero attached hydrogens (tertiary/aromatic N) is 5. The minimum absolute atomic E-state index is 0.0105. The van der Waals surface area contributed by atoms with Crippen LogP contribution in [0.5, 0.6) is 0 Å². The van der Waals surface area contributed by atoms with Gasteiger partial charge in [-0.1, -0.05) is 48.5 Å². The summed E-state index contributed by atoms with van der Waals surface area (Å²) in [5.74, 6) is 0.622. The molecule has 0 aliphatic carbocycles. The number of para-hydroxylation sites is 1. The number of likely N-dealkylation sites (tertiary alicyclic amines) is 1. The fourth-order valence-electron chi connectivity index (χ4n) is 4.94. The molecule has 1 saturated heterocycles. The Bertz CT molecular complexity index is 1140. The molecule has 172 valence electrons. The van der Waals surface area contributed by atoms with Crippen LogP contribution >= 0.6 is 0 Å². The summed E-state index contributed by atoms with van der Waals surface area (Å²) in [7, 11) is 0. The highest BCUT2D eigenvalue weighted by molar-refractivity contribution is 5.84. The van der Waals surface area contributed by atoms with E-state index in [1.807, 2.05) is 22.9 Å². The van der Waals surface area contributed by atoms with Crippen molar-refractivity contribution in [2.75, 3.05) is 32.8 Å². The number of fused-ring (bicyclic) bond motifs is 1. The Balaban J connectivity index is 1.16. The summed E-state index contributed by atoms with van der Waals surface area (Å²) in [6.07, 6.45) is 7.84. The van der Waals surface area contributed by atoms with Gasteiger partial charge in [0.1, 0.15) is 19.3 Å². The average molecular weight is 445 g/mol. The fourth-order valence-corrected chi connectivity index (χ4v) is 4.94. The highest BCUT2D eigenvalue weighted by atomic mass is 16.3. The van der Waals surface area contributed by atoms with Gasteiger partial charge in [0.2, 0.25) is 0 Å². The molecule has 0 unspecified atom stereocenters. The molecule has 0 bridgehead atoms. The monoisotopic (exact) mass is 444 g/mol. The molecule has 1 aliphatic heterocycles. The molecule has 2 atom stereocenters. The highest BCUT2D eigenvalue weighted by Gasteiger charge is 2.23. The maximum absolute atomic E-state index is 9.80. The van der Waals surface area contributed by atoms with E-state index in [9.17, 15) is 5.11 Å². The van der Waals surface area contributed by atoms with Gasteiger partial charge in [0.15, 0.2) is 0 Å². The van der Waals surface area contributed by atoms with E-state index in [2.05, 4.69) is 67.5 Å². The molecule has 0 spiro atoms. The Morgan fingerprint density at radius 2 is 1.94 bits per heavy atom. The Labute approximate surface area is 194 Å². The summed E-state index contributed by atoms with van der Waals surface area (Å²) in [4.78, 5) is 6.64. The minimum Gasteiger partial charge on any atom is -0.394 e. The third-order valence-electron chi connectivity index (χ3n) is 6.74. The van der Waals surface area contributed by atoms with Crippen molar-refractivity contribution in [1.29, 1.82) is 0 Å². The number of aromatic nitrogens is 4. The highest BCUT2D eigenvalue weighted by Crippen LogP contribution is 2.24. The van der Waals surface area contributed by atoms with Crippen molar-refractivity contribution in [3.63, 3.8) is 0 Å². The first kappa shape index (κ1) is 21.8. The third-order valence-corrected chi connectivity index (χ3v) is 6.74. The maximum Gasteiger partial charge on any atom is 0.137 e. The zero-order valence-corrected chi connectivity index (χ0v) is 18.9. The topological polar surface area (TPSA) is 71.1 Å². The second-order valence-electron chi connectivity index (χ2n) is 8.98. The molecule has 2 aromatic carbocycles. The summed E-state index contributed by atoms with van der Waals surface area (Å²) in [5.41, 5.74) is 3.77. The van der Waals surface area contributed by atoms with Gasteiger partial charge in [-0.15, -0.1) is 0 Å². The summed E-state index contributed by atoms with van der Waals surface area (Å²) in [6.45, 7) is 5.05. The predicted octanol–water partition coefficient (Wildman–Crippen LogP) is 2.93. The largest absolute Gasteiger partial charge is 0.394 e. The SMILES string of the molecule is OC[C@H](NC[C@@H]1CCN(CCc2cn(Cn3cncn3)c3ccccc23)C1)c1ccccc1. The Kier molecular flexibility index (Phi) is 6.81. The van der Waals surface area contributed by atoms with Crippen LogP contribution < -0.4 is 5.32 Å². The predicted molar refractivity (Wildman–Crippen MR) is 130 cm³/mol. The molecule has 4 aromatic rings. The quantitative estimate of drug-likeness (QED) is 0.394. The number of nitrogens with one attached hydrogen (secondary N) is 1. The van der Waals surface area contributed by atoms with Crippen LogP contribution in [0.15, 0.2) is 73.4 Å². The van der Waals surface area contributed by atoms with E-state index in [0.717, 1.165) is 38.2 Å². The number of hydrogen-bond acceptors (Lipinski definition) is 5. The standard InChI is InChI=1S/C26H32N6O/c33-17-25(22-6-2-1-3-7-22)28-14-21-10-12-30(15-21)13-11-23-16-31(20-32-19-27-18-29-32)26-9-5-4-8-24(23)26/h1-9,16,18-19,21,25,28,33H,10-15,17,20H2/t21-,25-/m0/s1. The minimum atomic E-state index is 0.0105. The molecular formula is C26H32N6O. The van der Waals surface area contributed by atoms with Gasteiger partial charge in [0.05, 0.1) is 12.6 Å². The van der Waals surface area contributed by atoms with Crippen molar-refractivity contribution in [2.45, 2.75) is 25.6 Å². The zero-order valence-electron chi connectivity index (χ0n) is 18.9. The normalized spacial score (nSPS) is 17.7. The van der Waals surface area contributed by atoms with Crippen LogP contribution in [0, 0.1) is 5.92 Å². The number of hydrogen-bond donors (Lipinski definition) is 2. The van der Waals surface area contributed by atoms with Crippen molar-refractivity contribution in [3.05, 3.63) is 84.6 Å². The molecule has 0 amide bonds. The van der Waals surface area contributed by atoms with Gasteiger partial charge in [0, 0.05) is 30.2 Å². The van der Waals surface area contributed by atoms with Gasteiger partial charge < -0.3 is 19.9 Å². The molecule has 3 heterocycles.